The van der Waals surface area contributed by atoms with E-state index in [2.05, 4.69) is 21.9 Å². The molecule has 1 aliphatic heterocycles. The lowest BCUT2D eigenvalue weighted by atomic mass is 9.92. The van der Waals surface area contributed by atoms with Gasteiger partial charge in [0.2, 0.25) is 5.91 Å². The number of benzene rings is 2. The lowest BCUT2D eigenvalue weighted by Gasteiger charge is -2.32. The van der Waals surface area contributed by atoms with Crippen LogP contribution in [0.4, 0.5) is 14.5 Å². The first kappa shape index (κ1) is 25.7. The van der Waals surface area contributed by atoms with Gasteiger partial charge in [-0.05, 0) is 82.7 Å². The molecule has 39 heavy (non-hydrogen) atoms. The molecule has 0 radical (unpaired) electrons. The normalized spacial score (nSPS) is 21.8. The first-order valence-corrected chi connectivity index (χ1v) is 13.7. The number of amides is 1. The highest BCUT2D eigenvalue weighted by Gasteiger charge is 2.38. The summed E-state index contributed by atoms with van der Waals surface area (Å²) in [6.07, 6.45) is 4.88. The van der Waals surface area contributed by atoms with Crippen LogP contribution in [0.25, 0.3) is 22.2 Å². The first-order valence-electron chi connectivity index (χ1n) is 13.7. The second kappa shape index (κ2) is 10.2. The number of rotatable bonds is 6. The SMILES string of the molecule is CCOC1CCC(n2c(C3CCC(=O)N3c3ccc(F)c(F)c3)nc3cc(-c4c(C)noc4C)ccc32)CC1. The van der Waals surface area contributed by atoms with Gasteiger partial charge in [-0.2, -0.15) is 0 Å². The molecule has 1 atom stereocenters. The summed E-state index contributed by atoms with van der Waals surface area (Å²) < 4.78 is 41.5. The molecule has 204 valence electrons. The van der Waals surface area contributed by atoms with Crippen molar-refractivity contribution in [3.63, 3.8) is 0 Å². The molecule has 0 spiro atoms. The summed E-state index contributed by atoms with van der Waals surface area (Å²) in [6, 6.07) is 9.63. The summed E-state index contributed by atoms with van der Waals surface area (Å²) in [7, 11) is 0. The van der Waals surface area contributed by atoms with Gasteiger partial charge in [0.1, 0.15) is 11.6 Å². The lowest BCUT2D eigenvalue weighted by molar-refractivity contribution is -0.117. The van der Waals surface area contributed by atoms with Crippen LogP contribution in [0.1, 0.15) is 74.8 Å². The maximum absolute atomic E-state index is 14.2. The second-order valence-electron chi connectivity index (χ2n) is 10.5. The minimum absolute atomic E-state index is 0.124. The number of hydrogen-bond donors (Lipinski definition) is 0. The zero-order valence-corrected chi connectivity index (χ0v) is 22.4. The molecule has 9 heteroatoms. The van der Waals surface area contributed by atoms with E-state index < -0.39 is 11.6 Å². The number of aryl methyl sites for hydroxylation is 2. The van der Waals surface area contributed by atoms with Gasteiger partial charge < -0.3 is 18.7 Å². The molecule has 6 rings (SSSR count). The lowest BCUT2D eigenvalue weighted by Crippen LogP contribution is -2.31. The second-order valence-corrected chi connectivity index (χ2v) is 10.5. The third-order valence-corrected chi connectivity index (χ3v) is 8.14. The molecule has 7 nitrogen and oxygen atoms in total. The summed E-state index contributed by atoms with van der Waals surface area (Å²) >= 11 is 0. The average molecular weight is 535 g/mol. The van der Waals surface area contributed by atoms with Gasteiger partial charge in [0.15, 0.2) is 11.6 Å². The van der Waals surface area contributed by atoms with Gasteiger partial charge >= 0.3 is 0 Å². The van der Waals surface area contributed by atoms with Crippen LogP contribution in [-0.2, 0) is 9.53 Å². The minimum Gasteiger partial charge on any atom is -0.379 e. The number of hydrogen-bond acceptors (Lipinski definition) is 5. The Morgan fingerprint density at radius 3 is 2.51 bits per heavy atom. The molecule has 0 N–H and O–H groups in total. The number of carbonyl (C=O) groups excluding carboxylic acids is 1. The van der Waals surface area contributed by atoms with Crippen molar-refractivity contribution in [2.45, 2.75) is 77.5 Å². The highest BCUT2D eigenvalue weighted by atomic mass is 19.2. The number of nitrogens with zero attached hydrogens (tertiary/aromatic N) is 4. The maximum Gasteiger partial charge on any atom is 0.227 e. The summed E-state index contributed by atoms with van der Waals surface area (Å²) in [5, 5.41) is 4.11. The fourth-order valence-electron chi connectivity index (χ4n) is 6.38. The van der Waals surface area contributed by atoms with E-state index in [0.717, 1.165) is 77.3 Å². The van der Waals surface area contributed by atoms with E-state index in [1.54, 1.807) is 4.90 Å². The smallest absolute Gasteiger partial charge is 0.227 e. The van der Waals surface area contributed by atoms with Gasteiger partial charge in [0.05, 0.1) is 28.9 Å². The maximum atomic E-state index is 14.2. The Balaban J connectivity index is 1.47. The van der Waals surface area contributed by atoms with E-state index in [1.807, 2.05) is 26.8 Å². The topological polar surface area (TPSA) is 73.4 Å². The monoisotopic (exact) mass is 534 g/mol. The highest BCUT2D eigenvalue weighted by Crippen LogP contribution is 2.42. The van der Waals surface area contributed by atoms with Crippen molar-refractivity contribution in [2.75, 3.05) is 11.5 Å². The molecule has 2 aromatic heterocycles. The average Bonchev–Trinajstić information content (AvgIpc) is 3.60. The molecular weight excluding hydrogens is 502 g/mol. The molecule has 1 amide bonds. The molecular formula is C30H32F2N4O3. The van der Waals surface area contributed by atoms with Crippen molar-refractivity contribution in [1.29, 1.82) is 0 Å². The Hall–Kier alpha value is -3.59. The molecule has 1 saturated carbocycles. The van der Waals surface area contributed by atoms with Crippen LogP contribution >= 0.6 is 0 Å². The summed E-state index contributed by atoms with van der Waals surface area (Å²) in [5.74, 6) is -0.519. The number of halogens is 2. The quantitative estimate of drug-likeness (QED) is 0.267. The van der Waals surface area contributed by atoms with Gasteiger partial charge in [-0.3, -0.25) is 4.79 Å². The van der Waals surface area contributed by atoms with Crippen LogP contribution in [0.3, 0.4) is 0 Å². The summed E-state index contributed by atoms with van der Waals surface area (Å²) in [5.41, 5.74) is 4.88. The Morgan fingerprint density at radius 2 is 1.82 bits per heavy atom. The van der Waals surface area contributed by atoms with Gasteiger partial charge in [0.25, 0.3) is 0 Å². The third-order valence-electron chi connectivity index (χ3n) is 8.14. The van der Waals surface area contributed by atoms with Crippen molar-refractivity contribution in [3.8, 4) is 11.1 Å². The predicted octanol–water partition coefficient (Wildman–Crippen LogP) is 6.97. The largest absolute Gasteiger partial charge is 0.379 e. The molecule has 2 fully saturated rings. The van der Waals surface area contributed by atoms with E-state index in [-0.39, 0.29) is 24.1 Å². The number of imidazole rings is 1. The number of aromatic nitrogens is 3. The van der Waals surface area contributed by atoms with Crippen LogP contribution in [-0.4, -0.2) is 33.3 Å². The third kappa shape index (κ3) is 4.52. The zero-order valence-electron chi connectivity index (χ0n) is 22.4. The van der Waals surface area contributed by atoms with E-state index in [9.17, 15) is 13.6 Å². The molecule has 0 bridgehead atoms. The molecule has 2 aliphatic rings. The summed E-state index contributed by atoms with van der Waals surface area (Å²) in [6.45, 7) is 6.53. The Labute approximate surface area is 225 Å². The predicted molar refractivity (Wildman–Crippen MR) is 143 cm³/mol. The standard InChI is InChI=1S/C30H32F2N4O3/c1-4-38-22-9-6-20(7-10-22)36-26-12-5-19(29-17(2)34-39-18(29)3)15-25(26)33-30(36)27-13-14-28(37)35(27)21-8-11-23(31)24(32)16-21/h5,8,11-12,15-16,20,22,27H,4,6-7,9-10,13-14H2,1-3H3. The molecule has 3 heterocycles. The number of ether oxygens (including phenoxy) is 1. The van der Waals surface area contributed by atoms with Gasteiger partial charge in [0, 0.05) is 36.4 Å². The van der Waals surface area contributed by atoms with E-state index in [0.29, 0.717) is 25.1 Å². The van der Waals surface area contributed by atoms with Crippen molar-refractivity contribution < 1.29 is 22.8 Å². The van der Waals surface area contributed by atoms with Gasteiger partial charge in [-0.25, -0.2) is 13.8 Å². The van der Waals surface area contributed by atoms with E-state index in [1.165, 1.54) is 6.07 Å². The molecule has 2 aromatic carbocycles. The van der Waals surface area contributed by atoms with Gasteiger partial charge in [-0.1, -0.05) is 11.2 Å². The van der Waals surface area contributed by atoms with Crippen LogP contribution in [0.15, 0.2) is 40.9 Å². The Morgan fingerprint density at radius 1 is 1.03 bits per heavy atom. The van der Waals surface area contributed by atoms with E-state index >= 15 is 0 Å². The van der Waals surface area contributed by atoms with Gasteiger partial charge in [-0.15, -0.1) is 0 Å². The van der Waals surface area contributed by atoms with Crippen LogP contribution < -0.4 is 4.90 Å². The van der Waals surface area contributed by atoms with Crippen molar-refractivity contribution in [1.82, 2.24) is 14.7 Å². The van der Waals surface area contributed by atoms with Crippen molar-refractivity contribution >= 4 is 22.6 Å². The van der Waals surface area contributed by atoms with Crippen LogP contribution in [0.5, 0.6) is 0 Å². The molecule has 1 aliphatic carbocycles. The molecule has 1 saturated heterocycles. The molecule has 4 aromatic rings. The minimum atomic E-state index is -0.974. The number of anilines is 1. The van der Waals surface area contributed by atoms with E-state index in [4.69, 9.17) is 14.2 Å². The Bertz CT molecular complexity index is 1520. The fraction of sp³-hybridized carbons (Fsp3) is 0.433. The summed E-state index contributed by atoms with van der Waals surface area (Å²) in [4.78, 5) is 19.8. The Kier molecular flexibility index (Phi) is 6.71. The number of carbonyl (C=O) groups is 1. The highest BCUT2D eigenvalue weighted by molar-refractivity contribution is 5.96. The van der Waals surface area contributed by atoms with Crippen molar-refractivity contribution in [2.24, 2.45) is 0 Å². The zero-order chi connectivity index (χ0) is 27.3. The van der Waals surface area contributed by atoms with Crippen molar-refractivity contribution in [3.05, 3.63) is 65.3 Å². The van der Waals surface area contributed by atoms with Crippen LogP contribution in [0.2, 0.25) is 0 Å². The van der Waals surface area contributed by atoms with Crippen LogP contribution in [0, 0.1) is 25.5 Å². The molecule has 1 unspecified atom stereocenters. The first-order chi connectivity index (χ1) is 18.9. The fourth-order valence-corrected chi connectivity index (χ4v) is 6.38. The number of fused-ring (bicyclic) bond motifs is 1.